The first-order valence-corrected chi connectivity index (χ1v) is 6.54. The van der Waals surface area contributed by atoms with Crippen LogP contribution in [0.3, 0.4) is 0 Å². The number of rotatable bonds is 6. The monoisotopic (exact) mass is 276 g/mol. The lowest BCUT2D eigenvalue weighted by Gasteiger charge is -1.92. The predicted octanol–water partition coefficient (Wildman–Crippen LogP) is -2.32. The zero-order valence-electron chi connectivity index (χ0n) is 9.12. The maximum Gasteiger partial charge on any atom is 0.451 e. The van der Waals surface area contributed by atoms with E-state index in [0.29, 0.717) is 10.5 Å². The van der Waals surface area contributed by atoms with E-state index in [2.05, 4.69) is 20.0 Å². The summed E-state index contributed by atoms with van der Waals surface area (Å²) in [4.78, 5) is 29.0. The first kappa shape index (κ1) is 17.7. The molecule has 0 spiro atoms. The Kier molecular flexibility index (Phi) is 12.9. The molecule has 8 nitrogen and oxygen atoms in total. The standard InChI is InChI=1S/C5H8O3.C2H4N2O3Si2/c1-4(2-3-6)5(7)8;5-1-3-9(7-8)4-2-6/h6H,1-3H2,(H,7,8);9H,8H3. The fourth-order valence-corrected chi connectivity index (χ4v) is 1.55. The van der Waals surface area contributed by atoms with Crippen LogP contribution >= 0.6 is 0 Å². The van der Waals surface area contributed by atoms with Crippen LogP contribution in [0.1, 0.15) is 6.42 Å². The van der Waals surface area contributed by atoms with Gasteiger partial charge in [-0.25, -0.2) is 14.4 Å². The largest absolute Gasteiger partial charge is 0.478 e. The lowest BCUT2D eigenvalue weighted by atomic mass is 10.2. The summed E-state index contributed by atoms with van der Waals surface area (Å²) in [7, 11) is -1.83. The Labute approximate surface area is 102 Å². The normalized spacial score (nSPS) is 9.94. The SMILES string of the molecule is C=C(CCO)C(=O)O.O=C=N[SiH](N=C=O)O[SiH3]. The average molecular weight is 276 g/mol. The number of aliphatic hydroxyl groups is 1. The van der Waals surface area contributed by atoms with E-state index in [9.17, 15) is 14.4 Å². The van der Waals surface area contributed by atoms with Crippen molar-refractivity contribution in [3.8, 4) is 0 Å². The maximum absolute atomic E-state index is 9.88. The van der Waals surface area contributed by atoms with Crippen molar-refractivity contribution in [1.29, 1.82) is 0 Å². The number of aliphatic carboxylic acids is 1. The van der Waals surface area contributed by atoms with Gasteiger partial charge in [-0.3, -0.25) is 0 Å². The van der Waals surface area contributed by atoms with Crippen molar-refractivity contribution < 1.29 is 28.7 Å². The summed E-state index contributed by atoms with van der Waals surface area (Å²) in [5.41, 5.74) is 0.0486. The summed E-state index contributed by atoms with van der Waals surface area (Å²) >= 11 is 0. The highest BCUT2D eigenvalue weighted by Gasteiger charge is 2.03. The molecule has 0 aromatic heterocycles. The minimum atomic E-state index is -2.25. The molecule has 0 rings (SSSR count). The Balaban J connectivity index is 0. The van der Waals surface area contributed by atoms with Crippen molar-refractivity contribution in [2.75, 3.05) is 6.61 Å². The van der Waals surface area contributed by atoms with Gasteiger partial charge in [-0.15, -0.1) is 0 Å². The van der Waals surface area contributed by atoms with Gasteiger partial charge >= 0.3 is 15.3 Å². The van der Waals surface area contributed by atoms with Crippen molar-refractivity contribution in [3.05, 3.63) is 12.2 Å². The second kappa shape index (κ2) is 12.4. The Hall–Kier alpha value is -1.68. The van der Waals surface area contributed by atoms with Gasteiger partial charge in [-0.05, 0) is 0 Å². The predicted molar refractivity (Wildman–Crippen MR) is 62.9 cm³/mol. The molecule has 94 valence electrons. The fourth-order valence-electron chi connectivity index (χ4n) is 0.466. The molecule has 0 fully saturated rings. The second-order valence-corrected chi connectivity index (χ2v) is 5.44. The average Bonchev–Trinajstić information content (AvgIpc) is 2.30. The van der Waals surface area contributed by atoms with Crippen LogP contribution in [0.4, 0.5) is 0 Å². The van der Waals surface area contributed by atoms with Gasteiger partial charge in [-0.2, -0.15) is 9.32 Å². The number of hydrogen-bond donors (Lipinski definition) is 2. The van der Waals surface area contributed by atoms with Crippen LogP contribution in [0.5, 0.6) is 0 Å². The van der Waals surface area contributed by atoms with Crippen molar-refractivity contribution in [1.82, 2.24) is 0 Å². The third kappa shape index (κ3) is 12.3. The van der Waals surface area contributed by atoms with Crippen LogP contribution in [0.25, 0.3) is 0 Å². The van der Waals surface area contributed by atoms with Crippen LogP contribution in [-0.2, 0) is 18.5 Å². The van der Waals surface area contributed by atoms with Crippen molar-refractivity contribution >= 4 is 38.0 Å². The van der Waals surface area contributed by atoms with Gasteiger partial charge < -0.3 is 14.3 Å². The number of nitrogens with zero attached hydrogens (tertiary/aromatic N) is 2. The number of isocyanates is 2. The number of aliphatic hydroxyl groups excluding tert-OH is 1. The lowest BCUT2D eigenvalue weighted by Crippen LogP contribution is -2.09. The molecule has 0 aromatic rings. The van der Waals surface area contributed by atoms with E-state index in [4.69, 9.17) is 10.2 Å². The van der Waals surface area contributed by atoms with Gasteiger partial charge in [0.15, 0.2) is 0 Å². The molecule has 0 aliphatic rings. The molecule has 0 bridgehead atoms. The summed E-state index contributed by atoms with van der Waals surface area (Å²) in [5.74, 6) is -1.04. The molecule has 0 radical (unpaired) electrons. The van der Waals surface area contributed by atoms with Crippen LogP contribution < -0.4 is 0 Å². The Morgan fingerprint density at radius 1 is 1.41 bits per heavy atom. The number of carboxylic acid groups (broad SMARTS) is 1. The molecule has 0 amide bonds. The lowest BCUT2D eigenvalue weighted by molar-refractivity contribution is -0.132. The highest BCUT2D eigenvalue weighted by Crippen LogP contribution is 1.94. The number of carbonyl (C=O) groups is 1. The molecule has 0 atom stereocenters. The Morgan fingerprint density at radius 3 is 2.06 bits per heavy atom. The zero-order chi connectivity index (χ0) is 13.7. The van der Waals surface area contributed by atoms with Crippen molar-refractivity contribution in [3.63, 3.8) is 0 Å². The summed E-state index contributed by atoms with van der Waals surface area (Å²) in [6.07, 6.45) is 2.68. The van der Waals surface area contributed by atoms with Crippen LogP contribution in [0, 0.1) is 0 Å². The highest BCUT2D eigenvalue weighted by atomic mass is 28.3. The quantitative estimate of drug-likeness (QED) is 0.243. The molecule has 0 aliphatic heterocycles. The molecule has 0 aliphatic carbocycles. The molecule has 0 heterocycles. The van der Waals surface area contributed by atoms with E-state index in [1.54, 1.807) is 0 Å². The zero-order valence-corrected chi connectivity index (χ0v) is 12.3. The van der Waals surface area contributed by atoms with E-state index in [0.717, 1.165) is 0 Å². The van der Waals surface area contributed by atoms with Crippen molar-refractivity contribution in [2.24, 2.45) is 9.32 Å². The fraction of sp³-hybridized carbons (Fsp3) is 0.286. The molecular weight excluding hydrogens is 264 g/mol. The Morgan fingerprint density at radius 2 is 1.88 bits per heavy atom. The third-order valence-corrected chi connectivity index (χ3v) is 3.59. The molecule has 0 saturated heterocycles. The topological polar surface area (TPSA) is 126 Å². The molecule has 2 N–H and O–H groups in total. The van der Waals surface area contributed by atoms with Gasteiger partial charge in [0.1, 0.15) is 10.5 Å². The summed E-state index contributed by atoms with van der Waals surface area (Å²) < 4.78 is 10.9. The van der Waals surface area contributed by atoms with E-state index in [1.807, 2.05) is 0 Å². The number of hydrogen-bond acceptors (Lipinski definition) is 7. The van der Waals surface area contributed by atoms with Crippen molar-refractivity contribution in [2.45, 2.75) is 6.42 Å². The Bertz CT molecular complexity index is 330. The van der Waals surface area contributed by atoms with Crippen LogP contribution in [0.15, 0.2) is 21.5 Å². The van der Waals surface area contributed by atoms with Crippen LogP contribution in [0.2, 0.25) is 0 Å². The van der Waals surface area contributed by atoms with Gasteiger partial charge in [0.2, 0.25) is 12.2 Å². The summed E-state index contributed by atoms with van der Waals surface area (Å²) in [6.45, 7) is 3.04. The minimum Gasteiger partial charge on any atom is -0.478 e. The first-order chi connectivity index (χ1) is 8.03. The molecule has 0 unspecified atom stereocenters. The molecule has 0 aromatic carbocycles. The number of carbonyl (C=O) groups excluding carboxylic acids is 2. The smallest absolute Gasteiger partial charge is 0.451 e. The minimum absolute atomic E-state index is 0.0486. The summed E-state index contributed by atoms with van der Waals surface area (Å²) in [6, 6.07) is 0. The maximum atomic E-state index is 9.88. The van der Waals surface area contributed by atoms with E-state index in [1.165, 1.54) is 12.2 Å². The van der Waals surface area contributed by atoms with Gasteiger partial charge in [0.05, 0.1) is 0 Å². The van der Waals surface area contributed by atoms with Crippen LogP contribution in [-0.4, -0.2) is 54.8 Å². The molecular formula is C7H12N2O6Si2. The van der Waals surface area contributed by atoms with Gasteiger partial charge in [-0.1, -0.05) is 6.58 Å². The second-order valence-electron chi connectivity index (χ2n) is 2.39. The molecule has 10 heteroatoms. The van der Waals surface area contributed by atoms with Gasteiger partial charge in [0, 0.05) is 18.6 Å². The number of carboxylic acids is 1. The van der Waals surface area contributed by atoms with Gasteiger partial charge in [0.25, 0.3) is 0 Å². The van der Waals surface area contributed by atoms with E-state index < -0.39 is 15.3 Å². The van der Waals surface area contributed by atoms with E-state index in [-0.39, 0.29) is 18.6 Å². The van der Waals surface area contributed by atoms with E-state index >= 15 is 0 Å². The highest BCUT2D eigenvalue weighted by molar-refractivity contribution is 6.53. The summed E-state index contributed by atoms with van der Waals surface area (Å²) in [5, 5.41) is 16.3. The third-order valence-electron chi connectivity index (χ3n) is 1.25. The molecule has 0 saturated carbocycles. The molecule has 17 heavy (non-hydrogen) atoms. The first-order valence-electron chi connectivity index (χ1n) is 4.22.